The van der Waals surface area contributed by atoms with Gasteiger partial charge in [-0.05, 0) is 45.8 Å². The average molecular weight is 242 g/mol. The van der Waals surface area contributed by atoms with Crippen molar-refractivity contribution < 1.29 is 10.2 Å². The van der Waals surface area contributed by atoms with Crippen LogP contribution >= 0.6 is 0 Å². The molecule has 0 aromatic rings. The van der Waals surface area contributed by atoms with Gasteiger partial charge in [-0.1, -0.05) is 6.42 Å². The maximum Gasteiger partial charge on any atom is 0.0900 e. The van der Waals surface area contributed by atoms with E-state index in [1.807, 2.05) is 0 Å². The lowest BCUT2D eigenvalue weighted by atomic mass is 9.90. The van der Waals surface area contributed by atoms with E-state index >= 15 is 0 Å². The van der Waals surface area contributed by atoms with Crippen molar-refractivity contribution in [3.8, 4) is 0 Å². The molecule has 0 unspecified atom stereocenters. The van der Waals surface area contributed by atoms with Crippen molar-refractivity contribution in [1.82, 2.24) is 9.80 Å². The molecule has 0 saturated carbocycles. The Kier molecular flexibility index (Phi) is 4.42. The van der Waals surface area contributed by atoms with E-state index in [1.165, 1.54) is 12.8 Å². The summed E-state index contributed by atoms with van der Waals surface area (Å²) in [6.45, 7) is 3.83. The molecule has 2 aliphatic rings. The van der Waals surface area contributed by atoms with Crippen LogP contribution in [0.2, 0.25) is 0 Å². The first-order valence-corrected chi connectivity index (χ1v) is 6.89. The molecule has 0 amide bonds. The maximum atomic E-state index is 10.6. The Morgan fingerprint density at radius 2 is 2.06 bits per heavy atom. The Bertz CT molecular complexity index is 250. The van der Waals surface area contributed by atoms with Gasteiger partial charge in [0.1, 0.15) is 0 Å². The smallest absolute Gasteiger partial charge is 0.0900 e. The molecule has 0 aliphatic carbocycles. The third-order valence-electron chi connectivity index (χ3n) is 4.20. The van der Waals surface area contributed by atoms with Crippen LogP contribution in [0.3, 0.4) is 0 Å². The quantitative estimate of drug-likeness (QED) is 0.747. The lowest BCUT2D eigenvalue weighted by Gasteiger charge is -2.44. The number of likely N-dealkylation sites (tertiary alicyclic amines) is 2. The van der Waals surface area contributed by atoms with Crippen LogP contribution in [0, 0.1) is 0 Å². The summed E-state index contributed by atoms with van der Waals surface area (Å²) in [6, 6.07) is 0.264. The zero-order valence-corrected chi connectivity index (χ0v) is 10.9. The van der Waals surface area contributed by atoms with Gasteiger partial charge in [0, 0.05) is 19.1 Å². The van der Waals surface area contributed by atoms with Crippen LogP contribution in [0.5, 0.6) is 0 Å². The maximum absolute atomic E-state index is 10.6. The van der Waals surface area contributed by atoms with Gasteiger partial charge in [0.2, 0.25) is 0 Å². The zero-order valence-electron chi connectivity index (χ0n) is 10.9. The minimum atomic E-state index is -0.572. The van der Waals surface area contributed by atoms with Crippen molar-refractivity contribution in [3.05, 3.63) is 0 Å². The number of aliphatic hydroxyl groups excluding tert-OH is 1. The highest BCUT2D eigenvalue weighted by atomic mass is 16.3. The van der Waals surface area contributed by atoms with Crippen molar-refractivity contribution in [2.75, 3.05) is 39.8 Å². The standard InChI is InChI=1S/C13H26N2O2/c1-14-7-4-6-13(17,10-14)11-15-8-3-2-5-12(15)9-16/h12,16-17H,2-11H2,1H3/t12-,13-/m1/s1. The van der Waals surface area contributed by atoms with Crippen LogP contribution in [-0.2, 0) is 0 Å². The van der Waals surface area contributed by atoms with E-state index < -0.39 is 5.60 Å². The number of likely N-dealkylation sites (N-methyl/N-ethyl adjacent to an activating group) is 1. The van der Waals surface area contributed by atoms with E-state index in [1.54, 1.807) is 0 Å². The summed E-state index contributed by atoms with van der Waals surface area (Å²) < 4.78 is 0. The van der Waals surface area contributed by atoms with Gasteiger partial charge in [0.05, 0.1) is 12.2 Å². The number of aliphatic hydroxyl groups is 2. The molecule has 100 valence electrons. The van der Waals surface area contributed by atoms with Crippen LogP contribution < -0.4 is 0 Å². The lowest BCUT2D eigenvalue weighted by molar-refractivity contribution is -0.0643. The lowest BCUT2D eigenvalue weighted by Crippen LogP contribution is -2.56. The highest BCUT2D eigenvalue weighted by molar-refractivity contribution is 4.91. The minimum Gasteiger partial charge on any atom is -0.395 e. The summed E-state index contributed by atoms with van der Waals surface area (Å²) in [5, 5.41) is 20.0. The number of β-amino-alcohol motifs (C(OH)–C–C–N with tert-alkyl or cyclic N) is 1. The summed E-state index contributed by atoms with van der Waals surface area (Å²) in [4.78, 5) is 4.50. The molecule has 0 bridgehead atoms. The van der Waals surface area contributed by atoms with Gasteiger partial charge in [0.25, 0.3) is 0 Å². The van der Waals surface area contributed by atoms with Crippen molar-refractivity contribution >= 4 is 0 Å². The largest absolute Gasteiger partial charge is 0.395 e. The van der Waals surface area contributed by atoms with Crippen LogP contribution in [0.25, 0.3) is 0 Å². The molecule has 2 N–H and O–H groups in total. The molecule has 0 spiro atoms. The molecule has 2 saturated heterocycles. The third kappa shape index (κ3) is 3.41. The van der Waals surface area contributed by atoms with Gasteiger partial charge in [0.15, 0.2) is 0 Å². The van der Waals surface area contributed by atoms with Gasteiger partial charge < -0.3 is 15.1 Å². The highest BCUT2D eigenvalue weighted by Gasteiger charge is 2.36. The molecular weight excluding hydrogens is 216 g/mol. The first-order valence-electron chi connectivity index (χ1n) is 6.89. The molecule has 2 aliphatic heterocycles. The molecule has 0 aromatic heterocycles. The fraction of sp³-hybridized carbons (Fsp3) is 1.00. The normalized spacial score (nSPS) is 37.2. The van der Waals surface area contributed by atoms with Gasteiger partial charge in [-0.25, -0.2) is 0 Å². The molecule has 4 heteroatoms. The molecule has 2 atom stereocenters. The highest BCUT2D eigenvalue weighted by Crippen LogP contribution is 2.25. The SMILES string of the molecule is CN1CCC[C@](O)(CN2CCCC[C@@H]2CO)C1. The molecule has 17 heavy (non-hydrogen) atoms. The van der Waals surface area contributed by atoms with Crippen molar-refractivity contribution in [1.29, 1.82) is 0 Å². The Balaban J connectivity index is 1.93. The van der Waals surface area contributed by atoms with Gasteiger partial charge in [-0.3, -0.25) is 4.90 Å². The molecule has 0 aromatic carbocycles. The van der Waals surface area contributed by atoms with E-state index in [9.17, 15) is 10.2 Å². The first kappa shape index (κ1) is 13.3. The van der Waals surface area contributed by atoms with Crippen molar-refractivity contribution in [2.24, 2.45) is 0 Å². The Morgan fingerprint density at radius 3 is 2.76 bits per heavy atom. The van der Waals surface area contributed by atoms with E-state index in [0.29, 0.717) is 0 Å². The fourth-order valence-electron chi connectivity index (χ4n) is 3.32. The molecule has 2 fully saturated rings. The molecular formula is C13H26N2O2. The summed E-state index contributed by atoms with van der Waals surface area (Å²) >= 11 is 0. The second kappa shape index (κ2) is 5.65. The number of hydrogen-bond acceptors (Lipinski definition) is 4. The zero-order chi connectivity index (χ0) is 12.3. The van der Waals surface area contributed by atoms with E-state index in [2.05, 4.69) is 16.8 Å². The number of piperidine rings is 2. The van der Waals surface area contributed by atoms with E-state index in [4.69, 9.17) is 0 Å². The first-order chi connectivity index (χ1) is 8.13. The minimum absolute atomic E-state index is 0.228. The Labute approximate surface area is 104 Å². The predicted molar refractivity (Wildman–Crippen MR) is 68.0 cm³/mol. The second-order valence-corrected chi connectivity index (χ2v) is 5.87. The predicted octanol–water partition coefficient (Wildman–Crippen LogP) is 0.290. The summed E-state index contributed by atoms with van der Waals surface area (Å²) in [6.07, 6.45) is 5.45. The molecule has 2 rings (SSSR count). The second-order valence-electron chi connectivity index (χ2n) is 5.87. The number of rotatable bonds is 3. The van der Waals surface area contributed by atoms with Crippen LogP contribution in [0.15, 0.2) is 0 Å². The topological polar surface area (TPSA) is 46.9 Å². The summed E-state index contributed by atoms with van der Waals surface area (Å²) in [5.41, 5.74) is -0.572. The Hall–Kier alpha value is -0.160. The fourth-order valence-corrected chi connectivity index (χ4v) is 3.32. The van der Waals surface area contributed by atoms with Gasteiger partial charge >= 0.3 is 0 Å². The van der Waals surface area contributed by atoms with Crippen LogP contribution in [0.1, 0.15) is 32.1 Å². The third-order valence-corrected chi connectivity index (χ3v) is 4.20. The summed E-state index contributed by atoms with van der Waals surface area (Å²) in [7, 11) is 2.07. The van der Waals surface area contributed by atoms with Gasteiger partial charge in [-0.15, -0.1) is 0 Å². The average Bonchev–Trinajstić information content (AvgIpc) is 2.29. The molecule has 2 heterocycles. The van der Waals surface area contributed by atoms with Crippen LogP contribution in [0.4, 0.5) is 0 Å². The Morgan fingerprint density at radius 1 is 1.24 bits per heavy atom. The van der Waals surface area contributed by atoms with Gasteiger partial charge in [-0.2, -0.15) is 0 Å². The van der Waals surface area contributed by atoms with E-state index in [-0.39, 0.29) is 12.6 Å². The van der Waals surface area contributed by atoms with Crippen LogP contribution in [-0.4, -0.2) is 71.5 Å². The monoisotopic (exact) mass is 242 g/mol. The van der Waals surface area contributed by atoms with Crippen molar-refractivity contribution in [2.45, 2.75) is 43.7 Å². The van der Waals surface area contributed by atoms with Crippen molar-refractivity contribution in [3.63, 3.8) is 0 Å². The molecule has 4 nitrogen and oxygen atoms in total. The molecule has 0 radical (unpaired) electrons. The van der Waals surface area contributed by atoms with E-state index in [0.717, 1.165) is 45.4 Å². The number of nitrogens with zero attached hydrogens (tertiary/aromatic N) is 2. The number of hydrogen-bond donors (Lipinski definition) is 2. The summed E-state index contributed by atoms with van der Waals surface area (Å²) in [5.74, 6) is 0.